The van der Waals surface area contributed by atoms with E-state index in [1.54, 1.807) is 0 Å². The van der Waals surface area contributed by atoms with Crippen LogP contribution in [0.1, 0.15) is 57.4 Å². The Kier molecular flexibility index (Phi) is 9.89. The normalized spacial score (nSPS) is 12.6. The molecule has 0 N–H and O–H groups in total. The van der Waals surface area contributed by atoms with Crippen LogP contribution < -0.4 is 0 Å². The van der Waals surface area contributed by atoms with Crippen molar-refractivity contribution in [1.82, 2.24) is 0 Å². The van der Waals surface area contributed by atoms with Crippen LogP contribution in [-0.4, -0.2) is 5.33 Å². The smallest absolute Gasteiger partial charge is 0.0177 e. The van der Waals surface area contributed by atoms with Crippen molar-refractivity contribution in [3.8, 4) is 0 Å². The van der Waals surface area contributed by atoms with E-state index < -0.39 is 0 Å². The molecule has 0 heterocycles. The second kappa shape index (κ2) is 10.9. The molecule has 0 spiro atoms. The van der Waals surface area contributed by atoms with Crippen LogP contribution in [0.5, 0.6) is 0 Å². The Morgan fingerprint density at radius 1 is 1.05 bits per heavy atom. The van der Waals surface area contributed by atoms with E-state index in [0.717, 1.165) is 11.2 Å². The summed E-state index contributed by atoms with van der Waals surface area (Å²) in [5.41, 5.74) is 1.45. The third kappa shape index (κ3) is 8.14. The van der Waals surface area contributed by atoms with Crippen molar-refractivity contribution >= 4 is 31.9 Å². The highest BCUT2D eigenvalue weighted by atomic mass is 79.9. The van der Waals surface area contributed by atoms with Gasteiger partial charge in [0.2, 0.25) is 0 Å². The molecule has 2 heteroatoms. The molecule has 0 aliphatic heterocycles. The Morgan fingerprint density at radius 2 is 1.79 bits per heavy atom. The summed E-state index contributed by atoms with van der Waals surface area (Å²) in [5.74, 6) is 0.778. The zero-order valence-corrected chi connectivity index (χ0v) is 15.2. The molecule has 1 rings (SSSR count). The molecule has 1 unspecified atom stereocenters. The SMILES string of the molecule is CCCCCCCCC(CBr)Cc1cccc(Br)c1. The first-order valence-electron chi connectivity index (χ1n) is 7.56. The molecule has 0 radical (unpaired) electrons. The number of halogens is 2. The largest absolute Gasteiger partial charge is 0.0925 e. The number of unbranched alkanes of at least 4 members (excludes halogenated alkanes) is 5. The van der Waals surface area contributed by atoms with Gasteiger partial charge in [-0.2, -0.15) is 0 Å². The summed E-state index contributed by atoms with van der Waals surface area (Å²) < 4.78 is 1.19. The average Bonchev–Trinajstić information content (AvgIpc) is 2.41. The molecule has 1 aromatic carbocycles. The Bertz CT molecular complexity index is 336. The molecule has 0 saturated carbocycles. The predicted molar refractivity (Wildman–Crippen MR) is 93.1 cm³/mol. The van der Waals surface area contributed by atoms with Gasteiger partial charge >= 0.3 is 0 Å². The number of alkyl halides is 1. The highest BCUT2D eigenvalue weighted by Gasteiger charge is 2.08. The van der Waals surface area contributed by atoms with Crippen LogP contribution in [0.3, 0.4) is 0 Å². The van der Waals surface area contributed by atoms with Crippen LogP contribution in [0.2, 0.25) is 0 Å². The Balaban J connectivity index is 2.22. The van der Waals surface area contributed by atoms with Crippen molar-refractivity contribution in [1.29, 1.82) is 0 Å². The Hall–Kier alpha value is 0.180. The van der Waals surface area contributed by atoms with Gasteiger partial charge in [0, 0.05) is 9.80 Å². The van der Waals surface area contributed by atoms with E-state index in [1.165, 1.54) is 61.4 Å². The van der Waals surface area contributed by atoms with Gasteiger partial charge in [-0.3, -0.25) is 0 Å². The van der Waals surface area contributed by atoms with Crippen molar-refractivity contribution in [3.05, 3.63) is 34.3 Å². The lowest BCUT2D eigenvalue weighted by Gasteiger charge is -2.14. The van der Waals surface area contributed by atoms with Crippen molar-refractivity contribution in [2.75, 3.05) is 5.33 Å². The molecule has 0 aliphatic rings. The van der Waals surface area contributed by atoms with Crippen LogP contribution in [0, 0.1) is 5.92 Å². The molecule has 0 aromatic heterocycles. The third-order valence-electron chi connectivity index (χ3n) is 3.60. The molecule has 0 bridgehead atoms. The third-order valence-corrected chi connectivity index (χ3v) is 5.01. The van der Waals surface area contributed by atoms with Crippen LogP contribution in [-0.2, 0) is 6.42 Å². The second-order valence-electron chi connectivity index (χ2n) is 5.41. The van der Waals surface area contributed by atoms with E-state index in [4.69, 9.17) is 0 Å². The lowest BCUT2D eigenvalue weighted by Crippen LogP contribution is -2.06. The van der Waals surface area contributed by atoms with Crippen molar-refractivity contribution in [2.24, 2.45) is 5.92 Å². The predicted octanol–water partition coefficient (Wildman–Crippen LogP) is 6.75. The summed E-state index contributed by atoms with van der Waals surface area (Å²) in [6.07, 6.45) is 10.9. The summed E-state index contributed by atoms with van der Waals surface area (Å²) in [7, 11) is 0. The van der Waals surface area contributed by atoms with E-state index in [2.05, 4.69) is 63.0 Å². The first kappa shape index (κ1) is 17.2. The van der Waals surface area contributed by atoms with Gasteiger partial charge in [-0.05, 0) is 36.5 Å². The first-order chi connectivity index (χ1) is 9.26. The Morgan fingerprint density at radius 3 is 2.47 bits per heavy atom. The molecular formula is C17H26Br2. The molecule has 0 aliphatic carbocycles. The molecular weight excluding hydrogens is 364 g/mol. The lowest BCUT2D eigenvalue weighted by molar-refractivity contribution is 0.489. The quantitative estimate of drug-likeness (QED) is 0.306. The fourth-order valence-corrected chi connectivity index (χ4v) is 3.44. The monoisotopic (exact) mass is 388 g/mol. The Labute approximate surface area is 135 Å². The summed E-state index contributed by atoms with van der Waals surface area (Å²) in [6.45, 7) is 2.28. The standard InChI is InChI=1S/C17H26Br2/c1-2-3-4-5-6-7-9-16(14-18)12-15-10-8-11-17(19)13-15/h8,10-11,13,16H,2-7,9,12,14H2,1H3. The van der Waals surface area contributed by atoms with Gasteiger partial charge < -0.3 is 0 Å². The van der Waals surface area contributed by atoms with Gasteiger partial charge in [0.25, 0.3) is 0 Å². The van der Waals surface area contributed by atoms with Crippen LogP contribution in [0.15, 0.2) is 28.7 Å². The van der Waals surface area contributed by atoms with Crippen LogP contribution in [0.4, 0.5) is 0 Å². The zero-order chi connectivity index (χ0) is 13.9. The number of rotatable bonds is 10. The average molecular weight is 390 g/mol. The number of hydrogen-bond donors (Lipinski definition) is 0. The molecule has 1 atom stereocenters. The van der Waals surface area contributed by atoms with E-state index in [1.807, 2.05) is 0 Å². The van der Waals surface area contributed by atoms with Crippen LogP contribution in [0.25, 0.3) is 0 Å². The molecule has 0 nitrogen and oxygen atoms in total. The second-order valence-corrected chi connectivity index (χ2v) is 6.97. The molecule has 108 valence electrons. The summed E-state index contributed by atoms with van der Waals surface area (Å²) in [6, 6.07) is 8.72. The maximum absolute atomic E-state index is 3.67. The minimum absolute atomic E-state index is 0.778. The minimum atomic E-state index is 0.778. The van der Waals surface area contributed by atoms with Gasteiger partial charge in [-0.1, -0.05) is 89.4 Å². The fourth-order valence-electron chi connectivity index (χ4n) is 2.44. The van der Waals surface area contributed by atoms with Gasteiger partial charge in [0.1, 0.15) is 0 Å². The molecule has 1 aromatic rings. The molecule has 19 heavy (non-hydrogen) atoms. The highest BCUT2D eigenvalue weighted by molar-refractivity contribution is 9.10. The van der Waals surface area contributed by atoms with Crippen molar-refractivity contribution < 1.29 is 0 Å². The first-order valence-corrected chi connectivity index (χ1v) is 9.48. The number of benzene rings is 1. The summed E-state index contributed by atoms with van der Waals surface area (Å²) in [5, 5.41) is 1.12. The molecule has 0 amide bonds. The maximum Gasteiger partial charge on any atom is 0.0177 e. The zero-order valence-electron chi connectivity index (χ0n) is 12.0. The van der Waals surface area contributed by atoms with Gasteiger partial charge in [-0.15, -0.1) is 0 Å². The van der Waals surface area contributed by atoms with Crippen LogP contribution >= 0.6 is 31.9 Å². The van der Waals surface area contributed by atoms with Crippen molar-refractivity contribution in [3.63, 3.8) is 0 Å². The van der Waals surface area contributed by atoms with E-state index >= 15 is 0 Å². The topological polar surface area (TPSA) is 0 Å². The van der Waals surface area contributed by atoms with Gasteiger partial charge in [0.15, 0.2) is 0 Å². The van der Waals surface area contributed by atoms with Gasteiger partial charge in [0.05, 0.1) is 0 Å². The van der Waals surface area contributed by atoms with Crippen molar-refractivity contribution in [2.45, 2.75) is 58.3 Å². The lowest BCUT2D eigenvalue weighted by atomic mass is 9.95. The maximum atomic E-state index is 3.67. The molecule has 0 fully saturated rings. The van der Waals surface area contributed by atoms with Gasteiger partial charge in [-0.25, -0.2) is 0 Å². The van der Waals surface area contributed by atoms with E-state index in [-0.39, 0.29) is 0 Å². The van der Waals surface area contributed by atoms with E-state index in [9.17, 15) is 0 Å². The van der Waals surface area contributed by atoms with E-state index in [0.29, 0.717) is 0 Å². The summed E-state index contributed by atoms with van der Waals surface area (Å²) >= 11 is 7.22. The number of hydrogen-bond acceptors (Lipinski definition) is 0. The molecule has 0 saturated heterocycles. The fraction of sp³-hybridized carbons (Fsp3) is 0.647. The highest BCUT2D eigenvalue weighted by Crippen LogP contribution is 2.21. The summed E-state index contributed by atoms with van der Waals surface area (Å²) in [4.78, 5) is 0. The minimum Gasteiger partial charge on any atom is -0.0925 e.